The molecule has 1 amide bonds. The van der Waals surface area contributed by atoms with Gasteiger partial charge in [0.2, 0.25) is 0 Å². The highest BCUT2D eigenvalue weighted by Gasteiger charge is 2.23. The van der Waals surface area contributed by atoms with Crippen molar-refractivity contribution in [1.29, 1.82) is 0 Å². The number of nitrogens with one attached hydrogen (secondary N) is 1. The van der Waals surface area contributed by atoms with Crippen LogP contribution in [-0.4, -0.2) is 10.5 Å². The van der Waals surface area contributed by atoms with E-state index in [0.29, 0.717) is 5.69 Å². The molecule has 0 radical (unpaired) electrons. The third-order valence-electron chi connectivity index (χ3n) is 6.16. The predicted molar refractivity (Wildman–Crippen MR) is 140 cm³/mol. The van der Waals surface area contributed by atoms with Crippen molar-refractivity contribution in [3.05, 3.63) is 117 Å². The van der Waals surface area contributed by atoms with Crippen LogP contribution in [0.5, 0.6) is 0 Å². The molecule has 1 N–H and O–H groups in total. The Hall–Kier alpha value is -3.92. The highest BCUT2D eigenvalue weighted by molar-refractivity contribution is 6.09. The fourth-order valence-electron chi connectivity index (χ4n) is 4.49. The van der Waals surface area contributed by atoms with Crippen LogP contribution in [0, 0.1) is 27.7 Å². The van der Waals surface area contributed by atoms with E-state index in [4.69, 9.17) is 0 Å². The Morgan fingerprint density at radius 3 is 2.21 bits per heavy atom. The first-order valence-electron chi connectivity index (χ1n) is 11.6. The molecule has 0 saturated carbocycles. The standard InChI is InChI=1S/C30H30N2O2/c1-6-23-13-9-12-21(4)28(23)31-30(34)27-26(33)18-22(5)32(25-15-8-11-20(3)17-25)29(27)24-14-7-10-19(2)16-24/h7-18H,6H2,1-5H3,(H,31,34). The molecule has 172 valence electrons. The molecule has 0 bridgehead atoms. The Balaban J connectivity index is 2.01. The lowest BCUT2D eigenvalue weighted by molar-refractivity contribution is 0.102. The molecule has 0 aliphatic rings. The number of nitrogens with zero attached hydrogens (tertiary/aromatic N) is 1. The van der Waals surface area contributed by atoms with Crippen molar-refractivity contribution in [2.24, 2.45) is 0 Å². The Kier molecular flexibility index (Phi) is 6.51. The second kappa shape index (κ2) is 9.52. The number of hydrogen-bond acceptors (Lipinski definition) is 2. The summed E-state index contributed by atoms with van der Waals surface area (Å²) in [5.41, 5.74) is 7.90. The van der Waals surface area contributed by atoms with Crippen LogP contribution in [0.2, 0.25) is 0 Å². The number of aromatic nitrogens is 1. The Morgan fingerprint density at radius 2 is 1.53 bits per heavy atom. The minimum Gasteiger partial charge on any atom is -0.321 e. The van der Waals surface area contributed by atoms with Gasteiger partial charge in [-0.1, -0.05) is 61.0 Å². The van der Waals surface area contributed by atoms with E-state index in [9.17, 15) is 9.59 Å². The van der Waals surface area contributed by atoms with E-state index in [-0.39, 0.29) is 11.0 Å². The zero-order valence-corrected chi connectivity index (χ0v) is 20.4. The van der Waals surface area contributed by atoms with Gasteiger partial charge >= 0.3 is 0 Å². The zero-order valence-electron chi connectivity index (χ0n) is 20.4. The molecule has 0 aliphatic carbocycles. The maximum atomic E-state index is 13.8. The maximum Gasteiger partial charge on any atom is 0.261 e. The lowest BCUT2D eigenvalue weighted by Crippen LogP contribution is -2.27. The minimum absolute atomic E-state index is 0.142. The molecule has 1 heterocycles. The molecule has 4 heteroatoms. The van der Waals surface area contributed by atoms with E-state index in [0.717, 1.165) is 51.3 Å². The third kappa shape index (κ3) is 4.44. The molecule has 3 aromatic carbocycles. The summed E-state index contributed by atoms with van der Waals surface area (Å²) in [6.07, 6.45) is 0.781. The largest absolute Gasteiger partial charge is 0.321 e. The van der Waals surface area contributed by atoms with Gasteiger partial charge in [0.25, 0.3) is 5.91 Å². The van der Waals surface area contributed by atoms with E-state index in [1.807, 2.05) is 92.9 Å². The summed E-state index contributed by atoms with van der Waals surface area (Å²) in [7, 11) is 0. The molecular formula is C30H30N2O2. The lowest BCUT2D eigenvalue weighted by atomic mass is 9.99. The number of aryl methyl sites for hydroxylation is 5. The van der Waals surface area contributed by atoms with E-state index in [1.165, 1.54) is 0 Å². The van der Waals surface area contributed by atoms with Gasteiger partial charge in [-0.3, -0.25) is 9.59 Å². The van der Waals surface area contributed by atoms with Gasteiger partial charge < -0.3 is 9.88 Å². The summed E-state index contributed by atoms with van der Waals surface area (Å²) < 4.78 is 2.01. The number of pyridine rings is 1. The number of hydrogen-bond donors (Lipinski definition) is 1. The van der Waals surface area contributed by atoms with Gasteiger partial charge in [0.1, 0.15) is 5.56 Å². The molecular weight excluding hydrogens is 420 g/mol. The lowest BCUT2D eigenvalue weighted by Gasteiger charge is -2.22. The van der Waals surface area contributed by atoms with Crippen LogP contribution in [0.4, 0.5) is 5.69 Å². The van der Waals surface area contributed by atoms with Gasteiger partial charge in [-0.2, -0.15) is 0 Å². The number of carbonyl (C=O) groups excluding carboxylic acids is 1. The zero-order chi connectivity index (χ0) is 24.4. The first kappa shape index (κ1) is 23.2. The topological polar surface area (TPSA) is 51.1 Å². The number of anilines is 1. The second-order valence-corrected chi connectivity index (χ2v) is 8.83. The van der Waals surface area contributed by atoms with Crippen LogP contribution in [-0.2, 0) is 6.42 Å². The molecule has 0 atom stereocenters. The van der Waals surface area contributed by atoms with Crippen molar-refractivity contribution < 1.29 is 4.79 Å². The van der Waals surface area contributed by atoms with Crippen LogP contribution in [0.3, 0.4) is 0 Å². The fraction of sp³-hybridized carbons (Fsp3) is 0.200. The molecule has 4 aromatic rings. The number of para-hydroxylation sites is 1. The van der Waals surface area contributed by atoms with Crippen LogP contribution in [0.25, 0.3) is 16.9 Å². The molecule has 0 unspecified atom stereocenters. The molecule has 4 nitrogen and oxygen atoms in total. The van der Waals surface area contributed by atoms with Gasteiger partial charge in [-0.25, -0.2) is 0 Å². The Morgan fingerprint density at radius 1 is 0.853 bits per heavy atom. The van der Waals surface area contributed by atoms with Crippen molar-refractivity contribution in [1.82, 2.24) is 4.57 Å². The number of rotatable bonds is 5. The summed E-state index contributed by atoms with van der Waals surface area (Å²) in [6, 6.07) is 23.5. The van der Waals surface area contributed by atoms with Crippen molar-refractivity contribution in [3.8, 4) is 16.9 Å². The monoisotopic (exact) mass is 450 g/mol. The van der Waals surface area contributed by atoms with Gasteiger partial charge in [-0.05, 0) is 74.6 Å². The SMILES string of the molecule is CCc1cccc(C)c1NC(=O)c1c(-c2cccc(C)c2)n(-c2cccc(C)c2)c(C)cc1=O. The summed E-state index contributed by atoms with van der Waals surface area (Å²) in [6.45, 7) is 9.97. The summed E-state index contributed by atoms with van der Waals surface area (Å²) in [5, 5.41) is 3.07. The van der Waals surface area contributed by atoms with Gasteiger partial charge in [0.15, 0.2) is 5.43 Å². The highest BCUT2D eigenvalue weighted by atomic mass is 16.2. The number of carbonyl (C=O) groups is 1. The molecule has 1 aromatic heterocycles. The van der Waals surface area contributed by atoms with E-state index >= 15 is 0 Å². The second-order valence-electron chi connectivity index (χ2n) is 8.83. The molecule has 0 spiro atoms. The van der Waals surface area contributed by atoms with Crippen LogP contribution >= 0.6 is 0 Å². The molecule has 0 saturated heterocycles. The minimum atomic E-state index is -0.396. The van der Waals surface area contributed by atoms with E-state index in [2.05, 4.69) is 18.3 Å². The Labute approximate surface area is 200 Å². The molecule has 0 fully saturated rings. The number of amides is 1. The van der Waals surface area contributed by atoms with Crippen LogP contribution in [0.1, 0.15) is 45.2 Å². The highest BCUT2D eigenvalue weighted by Crippen LogP contribution is 2.29. The molecule has 0 aliphatic heterocycles. The molecule has 34 heavy (non-hydrogen) atoms. The van der Waals surface area contributed by atoms with Gasteiger partial charge in [0.05, 0.1) is 5.69 Å². The van der Waals surface area contributed by atoms with Crippen molar-refractivity contribution >= 4 is 11.6 Å². The molecule has 4 rings (SSSR count). The third-order valence-corrected chi connectivity index (χ3v) is 6.16. The average Bonchev–Trinajstić information content (AvgIpc) is 2.79. The Bertz CT molecular complexity index is 1450. The predicted octanol–water partition coefficient (Wildman–Crippen LogP) is 6.55. The van der Waals surface area contributed by atoms with E-state index < -0.39 is 5.91 Å². The van der Waals surface area contributed by atoms with Crippen LogP contribution < -0.4 is 10.7 Å². The van der Waals surface area contributed by atoms with Crippen LogP contribution in [0.15, 0.2) is 77.6 Å². The normalized spacial score (nSPS) is 10.9. The van der Waals surface area contributed by atoms with Gasteiger partial charge in [0, 0.05) is 23.1 Å². The average molecular weight is 451 g/mol. The van der Waals surface area contributed by atoms with E-state index in [1.54, 1.807) is 6.07 Å². The smallest absolute Gasteiger partial charge is 0.261 e. The summed E-state index contributed by atoms with van der Waals surface area (Å²) in [5.74, 6) is -0.396. The fourth-order valence-corrected chi connectivity index (χ4v) is 4.49. The quantitative estimate of drug-likeness (QED) is 0.375. The number of benzene rings is 3. The van der Waals surface area contributed by atoms with Crippen molar-refractivity contribution in [3.63, 3.8) is 0 Å². The summed E-state index contributed by atoms with van der Waals surface area (Å²) >= 11 is 0. The summed E-state index contributed by atoms with van der Waals surface area (Å²) in [4.78, 5) is 27.1. The maximum absolute atomic E-state index is 13.8. The van der Waals surface area contributed by atoms with Gasteiger partial charge in [-0.15, -0.1) is 0 Å². The first-order valence-corrected chi connectivity index (χ1v) is 11.6. The van der Waals surface area contributed by atoms with Crippen molar-refractivity contribution in [2.75, 3.05) is 5.32 Å². The first-order chi connectivity index (χ1) is 16.3. The van der Waals surface area contributed by atoms with Crippen molar-refractivity contribution in [2.45, 2.75) is 41.0 Å².